The summed E-state index contributed by atoms with van der Waals surface area (Å²) in [5.74, 6) is 0.343. The van der Waals surface area contributed by atoms with Crippen molar-refractivity contribution in [1.82, 2.24) is 0 Å². The highest BCUT2D eigenvalue weighted by molar-refractivity contribution is 7.19. The lowest BCUT2D eigenvalue weighted by atomic mass is 10.1. The average Bonchev–Trinajstić information content (AvgIpc) is 2.71. The number of fused-ring (bicyclic) bond motifs is 1. The van der Waals surface area contributed by atoms with E-state index >= 15 is 0 Å². The van der Waals surface area contributed by atoms with Gasteiger partial charge in [0.05, 0.1) is 19.8 Å². The Kier molecular flexibility index (Phi) is 3.40. The van der Waals surface area contributed by atoms with E-state index in [9.17, 15) is 4.79 Å². The molecule has 0 aliphatic rings. The quantitative estimate of drug-likeness (QED) is 0.685. The number of hydrogen-bond acceptors (Lipinski definition) is 6. The monoisotopic (exact) mass is 268 g/mol. The maximum Gasteiger partial charge on any atom is 0.374 e. The van der Waals surface area contributed by atoms with E-state index in [4.69, 9.17) is 14.7 Å². The Bertz CT molecular complexity index is 602. The maximum absolute atomic E-state index is 11.5. The summed E-state index contributed by atoms with van der Waals surface area (Å²) in [7, 11) is 3.07. The van der Waals surface area contributed by atoms with Gasteiger partial charge in [0.2, 0.25) is 0 Å². The average molecular weight is 268 g/mol. The van der Waals surface area contributed by atoms with Crippen LogP contribution in [-0.4, -0.2) is 25.4 Å². The first-order valence-corrected chi connectivity index (χ1v) is 5.95. The minimum absolute atomic E-state index is 0.346. The number of hydrogen-bond donors (Lipinski definition) is 1. The Balaban J connectivity index is 2.74. The number of methoxy groups -OCH3 is 2. The second-order valence-electron chi connectivity index (χ2n) is 3.62. The molecule has 0 fully saturated rings. The van der Waals surface area contributed by atoms with Gasteiger partial charge in [-0.1, -0.05) is 0 Å². The smallest absolute Gasteiger partial charge is 0.374 e. The molecule has 0 unspecified atom stereocenters. The lowest BCUT2D eigenvalue weighted by Crippen LogP contribution is -2.02. The Hall–Kier alpha value is -1.79. The van der Waals surface area contributed by atoms with Crippen molar-refractivity contribution >= 4 is 27.4 Å². The van der Waals surface area contributed by atoms with Gasteiger partial charge in [0.25, 0.3) is 0 Å². The first-order chi connectivity index (χ1) is 8.62. The number of thiophene rings is 1. The summed E-state index contributed by atoms with van der Waals surface area (Å²) in [6.07, 6.45) is 0. The SMILES string of the molecule is COc1cc2sc(C)c(C(=O)OO)c2cc1OC. The molecule has 1 aromatic heterocycles. The van der Waals surface area contributed by atoms with Crippen LogP contribution in [-0.2, 0) is 4.89 Å². The molecule has 0 amide bonds. The van der Waals surface area contributed by atoms with E-state index in [2.05, 4.69) is 4.89 Å². The molecule has 1 heterocycles. The summed E-state index contributed by atoms with van der Waals surface area (Å²) in [4.78, 5) is 16.1. The van der Waals surface area contributed by atoms with Crippen LogP contribution in [0.25, 0.3) is 10.1 Å². The molecule has 1 aromatic carbocycles. The van der Waals surface area contributed by atoms with E-state index in [0.717, 1.165) is 9.58 Å². The topological polar surface area (TPSA) is 65.0 Å². The van der Waals surface area contributed by atoms with Crippen molar-refractivity contribution in [2.45, 2.75) is 6.92 Å². The fourth-order valence-electron chi connectivity index (χ4n) is 1.85. The Morgan fingerprint density at radius 2 is 1.83 bits per heavy atom. The molecule has 0 atom stereocenters. The van der Waals surface area contributed by atoms with E-state index in [1.807, 2.05) is 0 Å². The number of benzene rings is 1. The molecule has 0 bridgehead atoms. The molecule has 0 aliphatic carbocycles. The van der Waals surface area contributed by atoms with Gasteiger partial charge in [-0.3, -0.25) is 4.89 Å². The summed E-state index contributed by atoms with van der Waals surface area (Å²) in [6, 6.07) is 3.49. The lowest BCUT2D eigenvalue weighted by Gasteiger charge is -2.07. The van der Waals surface area contributed by atoms with E-state index < -0.39 is 5.97 Å². The van der Waals surface area contributed by atoms with Crippen LogP contribution in [0.5, 0.6) is 11.5 Å². The van der Waals surface area contributed by atoms with Crippen LogP contribution in [0.1, 0.15) is 15.2 Å². The molecule has 2 rings (SSSR count). The number of carbonyl (C=O) groups is 1. The molecule has 0 saturated carbocycles. The van der Waals surface area contributed by atoms with Gasteiger partial charge in [-0.25, -0.2) is 4.79 Å². The molecule has 5 nitrogen and oxygen atoms in total. The second kappa shape index (κ2) is 4.83. The van der Waals surface area contributed by atoms with Gasteiger partial charge in [0.1, 0.15) is 0 Å². The molecule has 0 aliphatic heterocycles. The van der Waals surface area contributed by atoms with Crippen molar-refractivity contribution in [3.8, 4) is 11.5 Å². The van der Waals surface area contributed by atoms with Crippen LogP contribution in [0, 0.1) is 6.92 Å². The van der Waals surface area contributed by atoms with Gasteiger partial charge in [0, 0.05) is 21.0 Å². The lowest BCUT2D eigenvalue weighted by molar-refractivity contribution is -0.182. The molecule has 0 radical (unpaired) electrons. The Labute approximate surface area is 107 Å². The number of ether oxygens (including phenoxy) is 2. The molecule has 1 N–H and O–H groups in total. The van der Waals surface area contributed by atoms with Crippen molar-refractivity contribution in [3.63, 3.8) is 0 Å². The van der Waals surface area contributed by atoms with Gasteiger partial charge >= 0.3 is 5.97 Å². The molecule has 0 saturated heterocycles. The number of rotatable bonds is 3. The highest BCUT2D eigenvalue weighted by Gasteiger charge is 2.20. The van der Waals surface area contributed by atoms with Gasteiger partial charge < -0.3 is 9.47 Å². The highest BCUT2D eigenvalue weighted by atomic mass is 32.1. The van der Waals surface area contributed by atoms with Gasteiger partial charge in [0.15, 0.2) is 11.5 Å². The number of carbonyl (C=O) groups excluding carboxylic acids is 1. The zero-order valence-electron chi connectivity index (χ0n) is 10.1. The molecule has 0 spiro atoms. The van der Waals surface area contributed by atoms with Crippen molar-refractivity contribution in [3.05, 3.63) is 22.6 Å². The van der Waals surface area contributed by atoms with E-state index in [-0.39, 0.29) is 0 Å². The Morgan fingerprint density at radius 3 is 2.39 bits per heavy atom. The van der Waals surface area contributed by atoms with Crippen LogP contribution >= 0.6 is 11.3 Å². The summed E-state index contributed by atoms with van der Waals surface area (Å²) in [6.45, 7) is 1.79. The van der Waals surface area contributed by atoms with E-state index in [0.29, 0.717) is 22.4 Å². The summed E-state index contributed by atoms with van der Waals surface area (Å²) in [5.41, 5.74) is 0.346. The largest absolute Gasteiger partial charge is 0.493 e. The van der Waals surface area contributed by atoms with Crippen LogP contribution in [0.4, 0.5) is 0 Å². The van der Waals surface area contributed by atoms with Crippen LogP contribution in [0.15, 0.2) is 12.1 Å². The molecular weight excluding hydrogens is 256 g/mol. The first-order valence-electron chi connectivity index (χ1n) is 5.13. The van der Waals surface area contributed by atoms with Gasteiger partial charge in [-0.15, -0.1) is 11.3 Å². The number of aryl methyl sites for hydroxylation is 1. The molecular formula is C12H12O5S. The predicted octanol–water partition coefficient (Wildman–Crippen LogP) is 2.86. The van der Waals surface area contributed by atoms with Gasteiger partial charge in [-0.2, -0.15) is 5.26 Å². The van der Waals surface area contributed by atoms with Gasteiger partial charge in [-0.05, 0) is 13.0 Å². The molecule has 96 valence electrons. The van der Waals surface area contributed by atoms with Crippen molar-refractivity contribution in [2.75, 3.05) is 14.2 Å². The third-order valence-electron chi connectivity index (χ3n) is 2.66. The fraction of sp³-hybridized carbons (Fsp3) is 0.250. The third kappa shape index (κ3) is 1.89. The molecule has 18 heavy (non-hydrogen) atoms. The third-order valence-corrected chi connectivity index (χ3v) is 3.73. The standard InChI is InChI=1S/C12H12O5S/c1-6-11(12(13)17-14)7-4-8(15-2)9(16-3)5-10(7)18-6/h4-5,14H,1-3H3. The fourth-order valence-corrected chi connectivity index (χ4v) is 2.91. The molecule has 6 heteroatoms. The first kappa shape index (κ1) is 12.7. The minimum atomic E-state index is -0.772. The Morgan fingerprint density at radius 1 is 1.22 bits per heavy atom. The highest BCUT2D eigenvalue weighted by Crippen LogP contribution is 2.39. The van der Waals surface area contributed by atoms with Crippen molar-refractivity contribution < 1.29 is 24.4 Å². The second-order valence-corrected chi connectivity index (χ2v) is 4.87. The maximum atomic E-state index is 11.5. The zero-order chi connectivity index (χ0) is 13.3. The van der Waals surface area contributed by atoms with Crippen LogP contribution in [0.2, 0.25) is 0 Å². The van der Waals surface area contributed by atoms with Crippen LogP contribution < -0.4 is 9.47 Å². The minimum Gasteiger partial charge on any atom is -0.493 e. The van der Waals surface area contributed by atoms with Crippen LogP contribution in [0.3, 0.4) is 0 Å². The summed E-state index contributed by atoms with van der Waals surface area (Å²) >= 11 is 1.42. The normalized spacial score (nSPS) is 10.4. The summed E-state index contributed by atoms with van der Waals surface area (Å²) < 4.78 is 11.2. The molecule has 2 aromatic rings. The van der Waals surface area contributed by atoms with E-state index in [1.165, 1.54) is 18.4 Å². The summed E-state index contributed by atoms with van der Waals surface area (Å²) in [5, 5.41) is 9.19. The van der Waals surface area contributed by atoms with E-state index in [1.54, 1.807) is 26.2 Å². The predicted molar refractivity (Wildman–Crippen MR) is 67.7 cm³/mol. The van der Waals surface area contributed by atoms with Crippen molar-refractivity contribution in [1.29, 1.82) is 0 Å². The van der Waals surface area contributed by atoms with Crippen molar-refractivity contribution in [2.24, 2.45) is 0 Å². The zero-order valence-corrected chi connectivity index (χ0v) is 11.0.